The Kier molecular flexibility index (Phi) is 1.36. The number of rotatable bonds is 1. The maximum atomic E-state index is 5.57. The van der Waals surface area contributed by atoms with Crippen molar-refractivity contribution in [1.29, 1.82) is 0 Å². The molecule has 3 N–H and O–H groups in total. The topological polar surface area (TPSA) is 68.2 Å². The van der Waals surface area contributed by atoms with E-state index in [1.165, 1.54) is 0 Å². The first kappa shape index (κ1) is 6.90. The zero-order chi connectivity index (χ0) is 8.55. The van der Waals surface area contributed by atoms with Crippen molar-refractivity contribution in [2.24, 2.45) is 0 Å². The van der Waals surface area contributed by atoms with Gasteiger partial charge in [-0.2, -0.15) is 4.98 Å². The smallest absolute Gasteiger partial charge is 0.242 e. The maximum Gasteiger partial charge on any atom is 0.242 e. The molecule has 2 aromatic rings. The molecule has 0 unspecified atom stereocenters. The molecule has 0 saturated heterocycles. The highest BCUT2D eigenvalue weighted by Gasteiger charge is 1.99. The number of nitrogens with one attached hydrogen (secondary N) is 1. The highest BCUT2D eigenvalue weighted by molar-refractivity contribution is 5.49. The van der Waals surface area contributed by atoms with Crippen molar-refractivity contribution in [3.63, 3.8) is 0 Å². The Hall–Kier alpha value is -1.78. The Morgan fingerprint density at radius 1 is 1.50 bits per heavy atom. The fraction of sp³-hybridized carbons (Fsp3) is 0.143. The van der Waals surface area contributed by atoms with Gasteiger partial charge in [0.25, 0.3) is 0 Å². The van der Waals surface area contributed by atoms with E-state index in [2.05, 4.69) is 15.4 Å². The van der Waals surface area contributed by atoms with Crippen LogP contribution in [0.5, 0.6) is 0 Å². The Bertz CT molecular complexity index is 405. The van der Waals surface area contributed by atoms with Crippen LogP contribution in [0, 0.1) is 0 Å². The summed E-state index contributed by atoms with van der Waals surface area (Å²) in [4.78, 5) is 4.16. The molecule has 5 nitrogen and oxygen atoms in total. The number of nitrogens with zero attached hydrogens (tertiary/aromatic N) is 3. The third-order valence-electron chi connectivity index (χ3n) is 1.58. The number of nitrogens with two attached hydrogens (primary N) is 1. The van der Waals surface area contributed by atoms with Gasteiger partial charge in [0.2, 0.25) is 5.95 Å². The molecule has 2 rings (SSSR count). The van der Waals surface area contributed by atoms with Crippen LogP contribution in [0.15, 0.2) is 18.3 Å². The lowest BCUT2D eigenvalue weighted by Gasteiger charge is -1.91. The Labute approximate surface area is 69.2 Å². The standard InChI is InChI=1S/C7H9N5/c1-9-7-10-6-3-2-5(8)4-12(6)11-7/h2-4H,8H2,1H3,(H,9,11). The normalized spacial score (nSPS) is 10.4. The van der Waals surface area contributed by atoms with Crippen molar-refractivity contribution in [3.05, 3.63) is 18.3 Å². The second-order valence-corrected chi connectivity index (χ2v) is 2.45. The number of fused-ring (bicyclic) bond motifs is 1. The summed E-state index contributed by atoms with van der Waals surface area (Å²) in [5, 5.41) is 6.96. The highest BCUT2D eigenvalue weighted by Crippen LogP contribution is 2.07. The predicted octanol–water partition coefficient (Wildman–Crippen LogP) is 0.353. The van der Waals surface area contributed by atoms with E-state index >= 15 is 0 Å². The first-order valence-corrected chi connectivity index (χ1v) is 3.59. The van der Waals surface area contributed by atoms with E-state index in [0.717, 1.165) is 5.65 Å². The summed E-state index contributed by atoms with van der Waals surface area (Å²) in [7, 11) is 1.78. The number of pyridine rings is 1. The molecule has 0 spiro atoms. The van der Waals surface area contributed by atoms with E-state index in [1.807, 2.05) is 6.07 Å². The number of aromatic nitrogens is 3. The van der Waals surface area contributed by atoms with Gasteiger partial charge in [0.05, 0.1) is 11.9 Å². The summed E-state index contributed by atoms with van der Waals surface area (Å²) in [6, 6.07) is 3.62. The van der Waals surface area contributed by atoms with Crippen LogP contribution in [-0.2, 0) is 0 Å². The minimum atomic E-state index is 0.598. The average molecular weight is 163 g/mol. The van der Waals surface area contributed by atoms with E-state index < -0.39 is 0 Å². The molecule has 0 saturated carbocycles. The number of hydrogen-bond acceptors (Lipinski definition) is 4. The van der Waals surface area contributed by atoms with Gasteiger partial charge in [-0.05, 0) is 12.1 Å². The van der Waals surface area contributed by atoms with Gasteiger partial charge in [0, 0.05) is 7.05 Å². The van der Waals surface area contributed by atoms with Crippen LogP contribution in [0.2, 0.25) is 0 Å². The number of hydrogen-bond donors (Lipinski definition) is 2. The van der Waals surface area contributed by atoms with E-state index in [4.69, 9.17) is 5.73 Å². The SMILES string of the molecule is CNc1nc2ccc(N)cn2n1. The highest BCUT2D eigenvalue weighted by atomic mass is 15.3. The summed E-state index contributed by atoms with van der Waals surface area (Å²) in [6.45, 7) is 0. The molecule has 0 radical (unpaired) electrons. The van der Waals surface area contributed by atoms with Crippen LogP contribution in [0.1, 0.15) is 0 Å². The second-order valence-electron chi connectivity index (χ2n) is 2.45. The van der Waals surface area contributed by atoms with Crippen molar-refractivity contribution in [3.8, 4) is 0 Å². The molecule has 0 aromatic carbocycles. The van der Waals surface area contributed by atoms with E-state index in [-0.39, 0.29) is 0 Å². The van der Waals surface area contributed by atoms with Crippen LogP contribution >= 0.6 is 0 Å². The zero-order valence-corrected chi connectivity index (χ0v) is 6.65. The lowest BCUT2D eigenvalue weighted by molar-refractivity contribution is 0.965. The Morgan fingerprint density at radius 3 is 3.08 bits per heavy atom. The molecule has 62 valence electrons. The quantitative estimate of drug-likeness (QED) is 0.636. The molecule has 12 heavy (non-hydrogen) atoms. The minimum Gasteiger partial charge on any atom is -0.397 e. The van der Waals surface area contributed by atoms with Crippen molar-refractivity contribution in [2.45, 2.75) is 0 Å². The summed E-state index contributed by atoms with van der Waals surface area (Å²) >= 11 is 0. The third kappa shape index (κ3) is 0.952. The van der Waals surface area contributed by atoms with Gasteiger partial charge in [0.15, 0.2) is 5.65 Å². The first-order chi connectivity index (χ1) is 5.79. The van der Waals surface area contributed by atoms with Gasteiger partial charge < -0.3 is 11.1 Å². The van der Waals surface area contributed by atoms with Crippen molar-refractivity contribution >= 4 is 17.3 Å². The monoisotopic (exact) mass is 163 g/mol. The van der Waals surface area contributed by atoms with Gasteiger partial charge in [-0.15, -0.1) is 5.10 Å². The summed E-state index contributed by atoms with van der Waals surface area (Å²) in [5.41, 5.74) is 7.03. The Morgan fingerprint density at radius 2 is 2.33 bits per heavy atom. The molecule has 0 aliphatic heterocycles. The van der Waals surface area contributed by atoms with Gasteiger partial charge in [0.1, 0.15) is 0 Å². The molecule has 0 atom stereocenters. The molecule has 2 aromatic heterocycles. The first-order valence-electron chi connectivity index (χ1n) is 3.59. The third-order valence-corrected chi connectivity index (χ3v) is 1.58. The zero-order valence-electron chi connectivity index (χ0n) is 6.65. The van der Waals surface area contributed by atoms with E-state index in [9.17, 15) is 0 Å². The molecule has 0 aliphatic rings. The van der Waals surface area contributed by atoms with Crippen molar-refractivity contribution in [1.82, 2.24) is 14.6 Å². The molecule has 0 fully saturated rings. The second kappa shape index (κ2) is 2.37. The van der Waals surface area contributed by atoms with Crippen molar-refractivity contribution < 1.29 is 0 Å². The molecule has 0 amide bonds. The molecule has 0 bridgehead atoms. The summed E-state index contributed by atoms with van der Waals surface area (Å²) < 4.78 is 1.64. The maximum absolute atomic E-state index is 5.57. The summed E-state index contributed by atoms with van der Waals surface area (Å²) in [5.74, 6) is 0.598. The van der Waals surface area contributed by atoms with Crippen LogP contribution in [0.3, 0.4) is 0 Å². The lowest BCUT2D eigenvalue weighted by atomic mass is 10.4. The van der Waals surface area contributed by atoms with Gasteiger partial charge in [-0.25, -0.2) is 4.52 Å². The van der Waals surface area contributed by atoms with E-state index in [1.54, 1.807) is 23.8 Å². The van der Waals surface area contributed by atoms with Crippen molar-refractivity contribution in [2.75, 3.05) is 18.1 Å². The average Bonchev–Trinajstić information content (AvgIpc) is 2.46. The van der Waals surface area contributed by atoms with E-state index in [0.29, 0.717) is 11.6 Å². The summed E-state index contributed by atoms with van der Waals surface area (Å²) in [6.07, 6.45) is 1.73. The molecule has 2 heterocycles. The van der Waals surface area contributed by atoms with Gasteiger partial charge >= 0.3 is 0 Å². The van der Waals surface area contributed by atoms with Crippen LogP contribution in [0.25, 0.3) is 5.65 Å². The lowest BCUT2D eigenvalue weighted by Crippen LogP contribution is -1.92. The number of anilines is 2. The van der Waals surface area contributed by atoms with Crippen LogP contribution < -0.4 is 11.1 Å². The molecule has 0 aliphatic carbocycles. The fourth-order valence-electron chi connectivity index (χ4n) is 1.00. The Balaban J connectivity index is 2.67. The molecular formula is C7H9N5. The largest absolute Gasteiger partial charge is 0.397 e. The van der Waals surface area contributed by atoms with Gasteiger partial charge in [-0.1, -0.05) is 0 Å². The predicted molar refractivity (Wildman–Crippen MR) is 46.9 cm³/mol. The van der Waals surface area contributed by atoms with Crippen LogP contribution in [0.4, 0.5) is 11.6 Å². The fourth-order valence-corrected chi connectivity index (χ4v) is 1.00. The van der Waals surface area contributed by atoms with Crippen LogP contribution in [-0.4, -0.2) is 21.6 Å². The van der Waals surface area contributed by atoms with Gasteiger partial charge in [-0.3, -0.25) is 0 Å². The number of nitrogen functional groups attached to an aromatic ring is 1. The minimum absolute atomic E-state index is 0.598. The molecule has 5 heteroatoms. The molecular weight excluding hydrogens is 154 g/mol.